The van der Waals surface area contributed by atoms with Crippen LogP contribution in [0.5, 0.6) is 0 Å². The average molecular weight is 161 g/mol. The first-order chi connectivity index (χ1) is 4.63. The maximum absolute atomic E-state index is 10.9. The predicted octanol–water partition coefficient (Wildman–Crippen LogP) is 2.58. The van der Waals surface area contributed by atoms with Gasteiger partial charge in [0.25, 0.3) is 0 Å². The lowest BCUT2D eigenvalue weighted by atomic mass is 9.90. The first kappa shape index (κ1) is 8.06. The highest BCUT2D eigenvalue weighted by Crippen LogP contribution is 2.54. The van der Waals surface area contributed by atoms with Crippen LogP contribution in [-0.4, -0.2) is 5.24 Å². The van der Waals surface area contributed by atoms with Gasteiger partial charge in [-0.15, -0.1) is 0 Å². The molecule has 0 aliphatic heterocycles. The molecule has 0 aromatic carbocycles. The molecule has 1 aliphatic rings. The minimum Gasteiger partial charge on any atom is -0.281 e. The Morgan fingerprint density at radius 2 is 2.20 bits per heavy atom. The van der Waals surface area contributed by atoms with Crippen molar-refractivity contribution in [2.75, 3.05) is 0 Å². The van der Waals surface area contributed by atoms with Crippen LogP contribution in [0, 0.1) is 11.3 Å². The van der Waals surface area contributed by atoms with Crippen LogP contribution in [0.25, 0.3) is 0 Å². The second kappa shape index (κ2) is 2.54. The zero-order valence-electron chi connectivity index (χ0n) is 6.48. The Balaban J connectivity index is 2.60. The molecular weight excluding hydrogens is 148 g/mol. The molecule has 58 valence electrons. The molecule has 0 N–H and O–H groups in total. The van der Waals surface area contributed by atoms with E-state index in [0.29, 0.717) is 5.92 Å². The summed E-state index contributed by atoms with van der Waals surface area (Å²) >= 11 is 5.47. The van der Waals surface area contributed by atoms with Crippen LogP contribution in [0.2, 0.25) is 0 Å². The Morgan fingerprint density at radius 3 is 2.30 bits per heavy atom. The van der Waals surface area contributed by atoms with Crippen LogP contribution >= 0.6 is 11.6 Å². The highest BCUT2D eigenvalue weighted by atomic mass is 35.5. The molecule has 1 saturated carbocycles. The maximum Gasteiger partial charge on any atom is 0.228 e. The van der Waals surface area contributed by atoms with Gasteiger partial charge in [0.1, 0.15) is 0 Å². The van der Waals surface area contributed by atoms with Crippen molar-refractivity contribution in [3.63, 3.8) is 0 Å². The third kappa shape index (κ3) is 1.07. The summed E-state index contributed by atoms with van der Waals surface area (Å²) in [6.07, 6.45) is 3.06. The Hall–Kier alpha value is -0.0400. The number of carbonyl (C=O) groups excluding carboxylic acids is 1. The van der Waals surface area contributed by atoms with E-state index in [0.717, 1.165) is 19.3 Å². The first-order valence-corrected chi connectivity index (χ1v) is 4.21. The zero-order chi connectivity index (χ0) is 7.78. The average Bonchev–Trinajstić information content (AvgIpc) is 2.65. The van der Waals surface area contributed by atoms with Crippen LogP contribution in [0.15, 0.2) is 0 Å². The molecular formula is C8H13ClO. The van der Waals surface area contributed by atoms with Crippen molar-refractivity contribution in [2.24, 2.45) is 11.3 Å². The van der Waals surface area contributed by atoms with Crippen molar-refractivity contribution < 1.29 is 4.79 Å². The maximum atomic E-state index is 10.9. The summed E-state index contributed by atoms with van der Waals surface area (Å²) in [5.74, 6) is 0.470. The molecule has 1 unspecified atom stereocenters. The molecule has 1 atom stereocenters. The van der Waals surface area contributed by atoms with Crippen molar-refractivity contribution >= 4 is 16.8 Å². The van der Waals surface area contributed by atoms with Crippen LogP contribution in [-0.2, 0) is 4.79 Å². The van der Waals surface area contributed by atoms with E-state index in [9.17, 15) is 4.79 Å². The van der Waals surface area contributed by atoms with Gasteiger partial charge in [0.05, 0.1) is 0 Å². The van der Waals surface area contributed by atoms with Crippen LogP contribution in [0.3, 0.4) is 0 Å². The second-order valence-corrected chi connectivity index (χ2v) is 3.58. The largest absolute Gasteiger partial charge is 0.281 e. The smallest absolute Gasteiger partial charge is 0.228 e. The number of rotatable bonds is 3. The topological polar surface area (TPSA) is 17.1 Å². The molecule has 1 fully saturated rings. The molecule has 1 nitrogen and oxygen atoms in total. The van der Waals surface area contributed by atoms with Gasteiger partial charge in [0.15, 0.2) is 0 Å². The minimum absolute atomic E-state index is 0.115. The molecule has 0 amide bonds. The molecule has 10 heavy (non-hydrogen) atoms. The monoisotopic (exact) mass is 160 g/mol. The lowest BCUT2D eigenvalue weighted by Crippen LogP contribution is -2.18. The van der Waals surface area contributed by atoms with Gasteiger partial charge in [-0.1, -0.05) is 20.3 Å². The summed E-state index contributed by atoms with van der Waals surface area (Å²) in [4.78, 5) is 10.9. The van der Waals surface area contributed by atoms with Crippen molar-refractivity contribution in [1.82, 2.24) is 0 Å². The molecule has 0 aromatic rings. The number of hydrogen-bond donors (Lipinski definition) is 0. The SMILES string of the molecule is CCC(C)C1(C(=O)Cl)CC1. The van der Waals surface area contributed by atoms with Crippen LogP contribution < -0.4 is 0 Å². The fraction of sp³-hybridized carbons (Fsp3) is 0.875. The fourth-order valence-electron chi connectivity index (χ4n) is 1.41. The van der Waals surface area contributed by atoms with E-state index in [2.05, 4.69) is 13.8 Å². The van der Waals surface area contributed by atoms with Gasteiger partial charge >= 0.3 is 0 Å². The molecule has 1 aliphatic carbocycles. The van der Waals surface area contributed by atoms with E-state index in [4.69, 9.17) is 11.6 Å². The zero-order valence-corrected chi connectivity index (χ0v) is 7.24. The van der Waals surface area contributed by atoms with E-state index in [1.165, 1.54) is 0 Å². The van der Waals surface area contributed by atoms with Crippen molar-refractivity contribution in [3.8, 4) is 0 Å². The number of hydrogen-bond acceptors (Lipinski definition) is 1. The third-order valence-electron chi connectivity index (χ3n) is 2.74. The normalized spacial score (nSPS) is 23.9. The summed E-state index contributed by atoms with van der Waals surface area (Å²) < 4.78 is 0. The summed E-state index contributed by atoms with van der Waals surface area (Å²) in [6.45, 7) is 4.21. The highest BCUT2D eigenvalue weighted by Gasteiger charge is 2.52. The van der Waals surface area contributed by atoms with Gasteiger partial charge in [-0.05, 0) is 30.4 Å². The molecule has 0 saturated heterocycles. The van der Waals surface area contributed by atoms with Gasteiger partial charge in [-0.3, -0.25) is 4.79 Å². The van der Waals surface area contributed by atoms with E-state index in [-0.39, 0.29) is 10.7 Å². The summed E-state index contributed by atoms with van der Waals surface area (Å²) in [5.41, 5.74) is -0.115. The molecule has 2 heteroatoms. The number of carbonyl (C=O) groups is 1. The van der Waals surface area contributed by atoms with Crippen LogP contribution in [0.4, 0.5) is 0 Å². The lowest BCUT2D eigenvalue weighted by molar-refractivity contribution is -0.117. The van der Waals surface area contributed by atoms with Gasteiger partial charge in [0, 0.05) is 5.41 Å². The predicted molar refractivity (Wildman–Crippen MR) is 42.0 cm³/mol. The van der Waals surface area contributed by atoms with Gasteiger partial charge in [-0.2, -0.15) is 0 Å². The summed E-state index contributed by atoms with van der Waals surface area (Å²) in [6, 6.07) is 0. The van der Waals surface area contributed by atoms with Crippen molar-refractivity contribution in [2.45, 2.75) is 33.1 Å². The molecule has 0 bridgehead atoms. The Bertz CT molecular complexity index is 149. The van der Waals surface area contributed by atoms with E-state index >= 15 is 0 Å². The minimum atomic E-state index is -0.123. The van der Waals surface area contributed by atoms with Crippen molar-refractivity contribution in [1.29, 1.82) is 0 Å². The van der Waals surface area contributed by atoms with E-state index in [1.54, 1.807) is 0 Å². The van der Waals surface area contributed by atoms with Crippen molar-refractivity contribution in [3.05, 3.63) is 0 Å². The highest BCUT2D eigenvalue weighted by molar-refractivity contribution is 6.65. The summed E-state index contributed by atoms with van der Waals surface area (Å²) in [7, 11) is 0. The molecule has 0 heterocycles. The van der Waals surface area contributed by atoms with Gasteiger partial charge in [0.2, 0.25) is 5.24 Å². The Morgan fingerprint density at radius 1 is 1.70 bits per heavy atom. The Kier molecular flexibility index (Phi) is 2.04. The van der Waals surface area contributed by atoms with Gasteiger partial charge < -0.3 is 0 Å². The quantitative estimate of drug-likeness (QED) is 0.580. The number of halogens is 1. The summed E-state index contributed by atoms with van der Waals surface area (Å²) in [5, 5.41) is -0.123. The second-order valence-electron chi connectivity index (χ2n) is 3.24. The molecule has 0 radical (unpaired) electrons. The van der Waals surface area contributed by atoms with Gasteiger partial charge in [-0.25, -0.2) is 0 Å². The van der Waals surface area contributed by atoms with E-state index in [1.807, 2.05) is 0 Å². The molecule has 0 spiro atoms. The third-order valence-corrected chi connectivity index (χ3v) is 3.11. The Labute approximate surface area is 66.8 Å². The van der Waals surface area contributed by atoms with E-state index < -0.39 is 0 Å². The van der Waals surface area contributed by atoms with Crippen LogP contribution in [0.1, 0.15) is 33.1 Å². The molecule has 0 aromatic heterocycles. The standard InChI is InChI=1S/C8H13ClO/c1-3-6(2)8(4-5-8)7(9)10/h6H,3-5H2,1-2H3. The fourth-order valence-corrected chi connectivity index (χ4v) is 1.78. The lowest BCUT2D eigenvalue weighted by Gasteiger charge is -2.16. The molecule has 1 rings (SSSR count). The first-order valence-electron chi connectivity index (χ1n) is 3.83.